The Hall–Kier alpha value is -6.18. The Kier molecular flexibility index (Phi) is 11.4. The monoisotopic (exact) mass is 812 g/mol. The number of hydrogen-bond donors (Lipinski definition) is 4. The quantitative estimate of drug-likeness (QED) is 0.197. The molecule has 19 nitrogen and oxygen atoms in total. The molecule has 3 aromatic rings. The lowest BCUT2D eigenvalue weighted by molar-refractivity contribution is -0.134. The van der Waals surface area contributed by atoms with Crippen molar-refractivity contribution in [1.82, 2.24) is 45.5 Å². The van der Waals surface area contributed by atoms with Gasteiger partial charge in [-0.3, -0.25) is 29.4 Å². The van der Waals surface area contributed by atoms with Crippen molar-refractivity contribution < 1.29 is 28.4 Å². The van der Waals surface area contributed by atoms with Gasteiger partial charge in [-0.2, -0.15) is 4.98 Å². The predicted octanol–water partition coefficient (Wildman–Crippen LogP) is 0.768. The maximum atomic E-state index is 15.7. The van der Waals surface area contributed by atoms with Crippen LogP contribution in [0.4, 0.5) is 38.0 Å². The Labute approximate surface area is 340 Å². The molecule has 7 heterocycles. The number of nitrogens with one attached hydrogen (secondary N) is 3. The van der Waals surface area contributed by atoms with Crippen LogP contribution in [0.15, 0.2) is 36.5 Å². The second-order valence-corrected chi connectivity index (χ2v) is 15.9. The molecule has 0 spiro atoms. The molecule has 2 aromatic heterocycles. The Balaban J connectivity index is 0.823. The van der Waals surface area contributed by atoms with Gasteiger partial charge in [0.15, 0.2) is 11.5 Å². The number of amides is 6. The molecule has 2 unspecified atom stereocenters. The topological polar surface area (TPSA) is 218 Å². The van der Waals surface area contributed by atoms with Gasteiger partial charge in [0.25, 0.3) is 11.8 Å². The highest BCUT2D eigenvalue weighted by Crippen LogP contribution is 2.29. The highest BCUT2D eigenvalue weighted by atomic mass is 19.1. The Morgan fingerprint density at radius 1 is 0.915 bits per heavy atom. The van der Waals surface area contributed by atoms with Crippen LogP contribution < -0.4 is 36.4 Å². The largest absolute Gasteiger partial charge is 0.370 e. The zero-order valence-corrected chi connectivity index (χ0v) is 33.0. The van der Waals surface area contributed by atoms with Gasteiger partial charge in [0, 0.05) is 91.1 Å². The van der Waals surface area contributed by atoms with E-state index in [0.717, 1.165) is 57.7 Å². The third kappa shape index (κ3) is 8.81. The van der Waals surface area contributed by atoms with E-state index < -0.39 is 29.6 Å². The summed E-state index contributed by atoms with van der Waals surface area (Å²) < 4.78 is 15.7. The summed E-state index contributed by atoms with van der Waals surface area (Å²) in [6.07, 6.45) is 4.83. The summed E-state index contributed by atoms with van der Waals surface area (Å²) in [5.74, 6) is -1.72. The molecule has 8 rings (SSSR count). The van der Waals surface area contributed by atoms with Gasteiger partial charge < -0.3 is 40.9 Å². The first-order chi connectivity index (χ1) is 28.5. The van der Waals surface area contributed by atoms with E-state index in [-0.39, 0.29) is 48.0 Å². The Morgan fingerprint density at radius 2 is 1.75 bits per heavy atom. The average Bonchev–Trinajstić information content (AvgIpc) is 3.84. The van der Waals surface area contributed by atoms with E-state index in [4.69, 9.17) is 5.73 Å². The van der Waals surface area contributed by atoms with Gasteiger partial charge in [-0.25, -0.2) is 14.2 Å². The molecule has 3 atom stereocenters. The van der Waals surface area contributed by atoms with Crippen molar-refractivity contribution in [2.24, 2.45) is 11.7 Å². The zero-order valence-electron chi connectivity index (χ0n) is 33.0. The van der Waals surface area contributed by atoms with Crippen LogP contribution in [0, 0.1) is 11.7 Å². The molecule has 0 radical (unpaired) electrons. The molecule has 6 amide bonds. The van der Waals surface area contributed by atoms with Crippen molar-refractivity contribution in [1.29, 1.82) is 0 Å². The van der Waals surface area contributed by atoms with Gasteiger partial charge in [-0.1, -0.05) is 0 Å². The normalized spacial score (nSPS) is 22.8. The van der Waals surface area contributed by atoms with E-state index in [9.17, 15) is 24.0 Å². The number of aromatic nitrogens is 4. The number of primary amides is 1. The number of urea groups is 1. The van der Waals surface area contributed by atoms with Gasteiger partial charge >= 0.3 is 6.03 Å². The Morgan fingerprint density at radius 3 is 2.46 bits per heavy atom. The van der Waals surface area contributed by atoms with Crippen LogP contribution in [-0.2, 0) is 9.59 Å². The molecular formula is C39H49FN14O5. The van der Waals surface area contributed by atoms with Crippen molar-refractivity contribution in [2.75, 3.05) is 99.1 Å². The number of piperidine rings is 2. The van der Waals surface area contributed by atoms with E-state index in [1.807, 2.05) is 20.8 Å². The van der Waals surface area contributed by atoms with Crippen LogP contribution in [-0.4, -0.2) is 156 Å². The summed E-state index contributed by atoms with van der Waals surface area (Å²) in [6.45, 7) is 8.05. The van der Waals surface area contributed by atoms with E-state index in [2.05, 4.69) is 45.9 Å². The van der Waals surface area contributed by atoms with Crippen LogP contribution in [0.2, 0.25) is 0 Å². The standard InChI is InChI=1S/C39H49FN14O5/c1-49-13-18-54(39(49)59)27-3-2-11-53(23-27)38-46-35(33(34(41)56)47-48-38)43-25-4-8-31(28(40)19-25)51-16-14-50(15-17-51)21-24-10-12-52(22-24)26-5-6-29(42-20-26)36(57)44-30-7-9-32(55)45-37(30)58/h4-6,8,19-20,24,27,30H,2-3,7,9-18,21-23H2,1H3,(H2,41,56)(H,44,57)(H,43,46,48)(H,45,55,58)/t24?,27-,30?/m1/s1. The van der Waals surface area contributed by atoms with Crippen LogP contribution in [0.3, 0.4) is 0 Å². The minimum atomic E-state index is -0.816. The zero-order chi connectivity index (χ0) is 41.2. The summed E-state index contributed by atoms with van der Waals surface area (Å²) in [5.41, 5.74) is 7.46. The van der Waals surface area contributed by atoms with Crippen LogP contribution >= 0.6 is 0 Å². The fourth-order valence-corrected chi connectivity index (χ4v) is 8.60. The molecule has 59 heavy (non-hydrogen) atoms. The van der Waals surface area contributed by atoms with Gasteiger partial charge in [-0.15, -0.1) is 10.2 Å². The fraction of sp³-hybridized carbons (Fsp3) is 0.513. The number of anilines is 5. The molecule has 312 valence electrons. The number of benzene rings is 1. The first kappa shape index (κ1) is 39.6. The summed E-state index contributed by atoms with van der Waals surface area (Å²) in [6, 6.07) is 7.60. The molecule has 5 N–H and O–H groups in total. The molecule has 5 fully saturated rings. The number of pyridine rings is 1. The lowest BCUT2D eigenvalue weighted by Gasteiger charge is -2.37. The van der Waals surface area contributed by atoms with Crippen molar-refractivity contribution >= 4 is 58.5 Å². The lowest BCUT2D eigenvalue weighted by Crippen LogP contribution is -2.52. The predicted molar refractivity (Wildman–Crippen MR) is 215 cm³/mol. The number of likely N-dealkylation sites (N-methyl/N-ethyl adjacent to an activating group) is 1. The highest BCUT2D eigenvalue weighted by Gasteiger charge is 2.35. The van der Waals surface area contributed by atoms with Crippen molar-refractivity contribution in [3.05, 3.63) is 53.7 Å². The van der Waals surface area contributed by atoms with Gasteiger partial charge in [0.05, 0.1) is 23.6 Å². The van der Waals surface area contributed by atoms with Crippen LogP contribution in [0.1, 0.15) is 53.1 Å². The van der Waals surface area contributed by atoms with E-state index in [1.54, 1.807) is 36.3 Å². The molecule has 5 aliphatic heterocycles. The van der Waals surface area contributed by atoms with Gasteiger partial charge in [-0.05, 0) is 61.9 Å². The third-order valence-corrected chi connectivity index (χ3v) is 11.9. The third-order valence-electron chi connectivity index (χ3n) is 11.9. The van der Waals surface area contributed by atoms with Gasteiger partial charge in [0.2, 0.25) is 17.8 Å². The number of rotatable bonds is 11. The first-order valence-corrected chi connectivity index (χ1v) is 20.2. The Bertz CT molecular complexity index is 2100. The first-order valence-electron chi connectivity index (χ1n) is 20.2. The summed E-state index contributed by atoms with van der Waals surface area (Å²) in [4.78, 5) is 82.2. The minimum absolute atomic E-state index is 0.00153. The molecule has 0 aliphatic carbocycles. The number of imide groups is 1. The SMILES string of the molecule is CN1CCN([C@@H]2CCCN(c3nnc(C(N)=O)c(Nc4ccc(N5CCN(CC6CCN(c7ccc(C(=O)NC8CCC(=O)NC8=O)nc7)C6)CC5)c(F)c4)n3)C2)C1=O. The van der Waals surface area contributed by atoms with Crippen LogP contribution in [0.5, 0.6) is 0 Å². The van der Waals surface area contributed by atoms with Crippen molar-refractivity contribution in [3.8, 4) is 0 Å². The smallest absolute Gasteiger partial charge is 0.320 e. The minimum Gasteiger partial charge on any atom is -0.370 e. The molecular weight excluding hydrogens is 764 g/mol. The van der Waals surface area contributed by atoms with E-state index in [1.165, 1.54) is 6.07 Å². The van der Waals surface area contributed by atoms with Crippen molar-refractivity contribution in [2.45, 2.75) is 44.2 Å². The molecule has 1 aromatic carbocycles. The fourth-order valence-electron chi connectivity index (χ4n) is 8.60. The van der Waals surface area contributed by atoms with Crippen molar-refractivity contribution in [3.63, 3.8) is 0 Å². The number of halogens is 1. The summed E-state index contributed by atoms with van der Waals surface area (Å²) >= 11 is 0. The average molecular weight is 813 g/mol. The molecule has 0 bridgehead atoms. The molecule has 20 heteroatoms. The maximum absolute atomic E-state index is 15.7. The number of piperazine rings is 1. The summed E-state index contributed by atoms with van der Waals surface area (Å²) in [7, 11) is 1.79. The molecule has 5 aliphatic rings. The molecule has 5 saturated heterocycles. The lowest BCUT2D eigenvalue weighted by atomic mass is 10.0. The van der Waals surface area contributed by atoms with Gasteiger partial charge in [0.1, 0.15) is 17.6 Å². The second-order valence-electron chi connectivity index (χ2n) is 15.9. The number of nitrogens with two attached hydrogens (primary N) is 1. The number of carbonyl (C=O) groups is 5. The van der Waals surface area contributed by atoms with Crippen LogP contribution in [0.25, 0.3) is 0 Å². The highest BCUT2D eigenvalue weighted by molar-refractivity contribution is 6.03. The number of hydrogen-bond acceptors (Lipinski definition) is 14. The summed E-state index contributed by atoms with van der Waals surface area (Å²) in [5, 5.41) is 16.2. The number of carbonyl (C=O) groups excluding carboxylic acids is 5. The second kappa shape index (κ2) is 17.0. The van der Waals surface area contributed by atoms with E-state index >= 15 is 4.39 Å². The van der Waals surface area contributed by atoms with E-state index in [0.29, 0.717) is 62.5 Å². The molecule has 0 saturated carbocycles. The number of nitrogens with zero attached hydrogens (tertiary/aromatic N) is 10. The maximum Gasteiger partial charge on any atom is 0.320 e.